The topological polar surface area (TPSA) is 24.1 Å². The molecule has 16 heteroatoms. The molecule has 0 rings (SSSR count). The Hall–Kier alpha value is 3.01. The highest BCUT2D eigenvalue weighted by Crippen LogP contribution is 2.43. The number of halogens is 7. The lowest BCUT2D eigenvalue weighted by Crippen LogP contribution is -3.00. The van der Waals surface area contributed by atoms with Gasteiger partial charge in [0.25, 0.3) is 0 Å². The molecule has 2 nitrogen and oxygen atoms in total. The van der Waals surface area contributed by atoms with Gasteiger partial charge in [0.05, 0.1) is 0 Å². The van der Waals surface area contributed by atoms with Crippen LogP contribution in [0.15, 0.2) is 0 Å². The van der Waals surface area contributed by atoms with E-state index >= 15 is 0 Å². The average Bonchev–Trinajstić information content (AvgIpc) is 2.38. The van der Waals surface area contributed by atoms with Crippen molar-refractivity contribution in [2.45, 2.75) is 98.7 Å². The molecular weight excluding hydrogens is 601 g/mol. The summed E-state index contributed by atoms with van der Waals surface area (Å²) in [5, 5.41) is 3.31. The molecule has 0 bridgehead atoms. The SMILES string of the molecule is C.CB(C)NB(C)C.CC(B(N[Si](C)(C)C)C(C)[Si](Cl)(Cl)Cl)[Si](Cl)(Cl)Cl.C[SiH](C)C.[Cl-]. The average molecular weight is 646 g/mol. The summed E-state index contributed by atoms with van der Waals surface area (Å²) in [5.41, 5.74) is -0.209. The summed E-state index contributed by atoms with van der Waals surface area (Å²) < 4.78 is 0. The molecule has 0 aliphatic rings. The van der Waals surface area contributed by atoms with E-state index in [2.05, 4.69) is 76.6 Å². The van der Waals surface area contributed by atoms with Crippen LogP contribution in [0.4, 0.5) is 0 Å². The zero-order chi connectivity index (χ0) is 24.4. The quantitative estimate of drug-likeness (QED) is 0.273. The molecule has 2 unspecified atom stereocenters. The molecule has 0 fully saturated rings. The van der Waals surface area contributed by atoms with E-state index in [-0.39, 0.29) is 46.4 Å². The van der Waals surface area contributed by atoms with E-state index in [9.17, 15) is 0 Å². The number of nitrogens with one attached hydrogen (secondary N) is 2. The zero-order valence-corrected chi connectivity index (χ0v) is 30.1. The second-order valence-electron chi connectivity index (χ2n) is 9.79. The van der Waals surface area contributed by atoms with E-state index in [1.165, 1.54) is 0 Å². The molecule has 0 aromatic rings. The van der Waals surface area contributed by atoms with Crippen molar-refractivity contribution in [1.82, 2.24) is 10.0 Å². The number of hydrogen-bond donors (Lipinski definition) is 2. The van der Waals surface area contributed by atoms with Crippen LogP contribution in [0.3, 0.4) is 0 Å². The second kappa shape index (κ2) is 20.1. The molecule has 0 spiro atoms. The predicted molar refractivity (Wildman–Crippen MR) is 167 cm³/mol. The van der Waals surface area contributed by atoms with Gasteiger partial charge >= 0.3 is 12.0 Å². The lowest BCUT2D eigenvalue weighted by molar-refractivity contribution is -0.00000724. The van der Waals surface area contributed by atoms with E-state index in [0.717, 1.165) is 0 Å². The molecule has 0 aliphatic heterocycles. The van der Waals surface area contributed by atoms with E-state index in [4.69, 9.17) is 66.5 Å². The van der Waals surface area contributed by atoms with Crippen molar-refractivity contribution in [3.63, 3.8) is 0 Å². The smallest absolute Gasteiger partial charge is 0.338 e. The molecule has 2 N–H and O–H groups in total. The van der Waals surface area contributed by atoms with Crippen LogP contribution in [0.5, 0.6) is 0 Å². The van der Waals surface area contributed by atoms with Crippen LogP contribution in [0.25, 0.3) is 0 Å². The summed E-state index contributed by atoms with van der Waals surface area (Å²) in [5.74, 6) is 0. The fourth-order valence-corrected chi connectivity index (χ4v) is 8.28. The summed E-state index contributed by atoms with van der Waals surface area (Å²) in [6.45, 7) is 27.1. The van der Waals surface area contributed by atoms with E-state index in [0.29, 0.717) is 13.7 Å². The summed E-state index contributed by atoms with van der Waals surface area (Å²) in [7, 11) is -1.70. The molecule has 0 aromatic heterocycles. The predicted octanol–water partition coefficient (Wildman–Crippen LogP) is 5.39. The van der Waals surface area contributed by atoms with Gasteiger partial charge in [0, 0.05) is 8.80 Å². The van der Waals surface area contributed by atoms with Crippen molar-refractivity contribution in [1.29, 1.82) is 0 Å². The zero-order valence-electron chi connectivity index (χ0n) is 20.6. The van der Waals surface area contributed by atoms with Crippen LogP contribution in [0.2, 0.25) is 77.5 Å². The lowest BCUT2D eigenvalue weighted by Gasteiger charge is -2.36. The maximum Gasteiger partial charge on any atom is 0.338 e. The third-order valence-corrected chi connectivity index (χ3v) is 13.6. The molecule has 0 aliphatic carbocycles. The minimum absolute atomic E-state index is 0. The Kier molecular flexibility index (Phi) is 28.6. The van der Waals surface area contributed by atoms with Crippen LogP contribution in [0.1, 0.15) is 21.3 Å². The largest absolute Gasteiger partial charge is 1.00 e. The minimum Gasteiger partial charge on any atom is -1.00 e. The Morgan fingerprint density at radius 1 is 0.710 bits per heavy atom. The Balaban J connectivity index is -0.000000145. The van der Waals surface area contributed by atoms with Crippen LogP contribution in [-0.2, 0) is 0 Å². The number of hydrogen-bond acceptors (Lipinski definition) is 2. The Morgan fingerprint density at radius 3 is 1.03 bits per heavy atom. The van der Waals surface area contributed by atoms with Gasteiger partial charge in [-0.3, -0.25) is 0 Å². The first-order valence-corrected chi connectivity index (χ1v) is 27.4. The normalized spacial score (nSPS) is 13.3. The van der Waals surface area contributed by atoms with Crippen LogP contribution < -0.4 is 22.4 Å². The van der Waals surface area contributed by atoms with Gasteiger partial charge in [0.15, 0.2) is 0 Å². The summed E-state index contributed by atoms with van der Waals surface area (Å²) >= 11 is 36.8. The second-order valence-corrected chi connectivity index (χ2v) is 36.2. The maximum absolute atomic E-state index is 6.13. The molecule has 0 aromatic carbocycles. The van der Waals surface area contributed by atoms with E-state index in [1.807, 2.05) is 13.8 Å². The van der Waals surface area contributed by atoms with Crippen molar-refractivity contribution < 1.29 is 12.4 Å². The van der Waals surface area contributed by atoms with Crippen LogP contribution in [0, 0.1) is 0 Å². The molecular formula is C15H45B3Cl7N2Si4-. The van der Waals surface area contributed by atoms with Crippen molar-refractivity contribution in [3.05, 3.63) is 0 Å². The first-order valence-electron chi connectivity index (χ1n) is 10.2. The lowest BCUT2D eigenvalue weighted by atomic mass is 9.55. The standard InChI is InChI=1S/C7H18BCl6NSi3.C4H13B2N.C3H10Si.CH4.ClH/c1-6(17(9,10)11)8(15-16(3,4)5)7(2)18(12,13)14;1-5(2)7-6(3)4;1-4(2)3;;/h6-7,15H,1-5H3;7H,1-4H3;4H,1-3H3;1H4;1H/p-1. The molecule has 0 heterocycles. The van der Waals surface area contributed by atoms with Crippen LogP contribution >= 0.6 is 66.5 Å². The van der Waals surface area contributed by atoms with Gasteiger partial charge in [-0.2, -0.15) is 0 Å². The van der Waals surface area contributed by atoms with Gasteiger partial charge in [0.1, 0.15) is 8.24 Å². The first-order chi connectivity index (χ1) is 12.5. The molecule has 2 atom stereocenters. The Labute approximate surface area is 235 Å². The Bertz CT molecular complexity index is 396. The first kappa shape index (κ1) is 44.0. The van der Waals surface area contributed by atoms with Gasteiger partial charge in [-0.1, -0.05) is 87.8 Å². The monoisotopic (exact) mass is 643 g/mol. The van der Waals surface area contributed by atoms with E-state index < -0.39 is 20.2 Å². The molecule has 31 heavy (non-hydrogen) atoms. The summed E-state index contributed by atoms with van der Waals surface area (Å²) in [6.07, 6.45) is 0. The molecule has 0 saturated heterocycles. The fraction of sp³-hybridized carbons (Fsp3) is 1.00. The third kappa shape index (κ3) is 31.0. The van der Waals surface area contributed by atoms with Gasteiger partial charge in [-0.05, 0) is 10.9 Å². The summed E-state index contributed by atoms with van der Waals surface area (Å²) in [6, 6.07) is -5.68. The minimum atomic E-state index is -2.84. The van der Waals surface area contributed by atoms with Gasteiger partial charge in [0.2, 0.25) is 20.5 Å². The van der Waals surface area contributed by atoms with Crippen molar-refractivity contribution in [2.24, 2.45) is 0 Å². The molecule has 0 radical (unpaired) electrons. The molecule has 0 saturated carbocycles. The molecule has 190 valence electrons. The van der Waals surface area contributed by atoms with Crippen molar-refractivity contribution in [2.75, 3.05) is 0 Å². The molecule has 0 amide bonds. The van der Waals surface area contributed by atoms with E-state index in [1.54, 1.807) is 0 Å². The summed E-state index contributed by atoms with van der Waals surface area (Å²) in [4.78, 5) is 3.57. The highest BCUT2D eigenvalue weighted by molar-refractivity contribution is 7.68. The van der Waals surface area contributed by atoms with Gasteiger partial charge in [-0.15, -0.1) is 66.5 Å². The van der Waals surface area contributed by atoms with Crippen LogP contribution in [-0.4, -0.2) is 49.6 Å². The van der Waals surface area contributed by atoms with Gasteiger partial charge in [-0.25, -0.2) is 0 Å². The van der Waals surface area contributed by atoms with Crippen molar-refractivity contribution in [3.8, 4) is 0 Å². The maximum atomic E-state index is 6.13. The fourth-order valence-electron chi connectivity index (χ4n) is 2.26. The van der Waals surface area contributed by atoms with Gasteiger partial charge < -0.3 is 22.4 Å². The number of rotatable bonds is 8. The highest BCUT2D eigenvalue weighted by atomic mass is 35.8. The third-order valence-electron chi connectivity index (χ3n) is 3.38. The van der Waals surface area contributed by atoms with Crippen molar-refractivity contribution >= 4 is 116 Å². The highest BCUT2D eigenvalue weighted by Gasteiger charge is 2.50. The Morgan fingerprint density at radius 2 is 0.935 bits per heavy atom.